The molecule has 0 aliphatic rings. The van der Waals surface area contributed by atoms with Crippen LogP contribution in [0.4, 0.5) is 0 Å². The zero-order chi connectivity index (χ0) is 9.26. The van der Waals surface area contributed by atoms with Crippen LogP contribution in [0, 0.1) is 6.92 Å². The van der Waals surface area contributed by atoms with E-state index in [4.69, 9.17) is 4.52 Å². The van der Waals surface area contributed by atoms with Crippen LogP contribution in [0.25, 0.3) is 11.5 Å². The zero-order valence-corrected chi connectivity index (χ0v) is 8.45. The fourth-order valence-corrected chi connectivity index (χ4v) is 1.27. The summed E-state index contributed by atoms with van der Waals surface area (Å²) in [6, 6.07) is 3.68. The lowest BCUT2D eigenvalue weighted by Crippen LogP contribution is -1.84. The Kier molecular flexibility index (Phi) is 2.10. The Hall–Kier alpha value is -1.23. The molecule has 13 heavy (non-hydrogen) atoms. The number of halogens is 1. The first kappa shape index (κ1) is 8.37. The highest BCUT2D eigenvalue weighted by molar-refractivity contribution is 9.10. The van der Waals surface area contributed by atoms with Gasteiger partial charge in [0.25, 0.3) is 0 Å². The maximum atomic E-state index is 4.84. The lowest BCUT2D eigenvalue weighted by molar-refractivity contribution is 0.394. The van der Waals surface area contributed by atoms with Crippen LogP contribution in [0.15, 0.2) is 27.3 Å². The predicted octanol–water partition coefficient (Wildman–Crippen LogP) is 2.20. The molecule has 0 radical (unpaired) electrons. The smallest absolute Gasteiger partial charge is 0.223 e. The van der Waals surface area contributed by atoms with Gasteiger partial charge in [0.2, 0.25) is 11.7 Å². The van der Waals surface area contributed by atoms with Crippen LogP contribution in [0.2, 0.25) is 0 Å². The molecule has 0 bridgehead atoms. The minimum absolute atomic E-state index is 0.513. The van der Waals surface area contributed by atoms with Crippen molar-refractivity contribution < 1.29 is 4.52 Å². The largest absolute Gasteiger partial charge is 0.339 e. The number of hydrogen-bond acceptors (Lipinski definition) is 4. The molecular formula is C8H6BrN3O. The van der Waals surface area contributed by atoms with Gasteiger partial charge >= 0.3 is 0 Å². The van der Waals surface area contributed by atoms with Gasteiger partial charge in [0.1, 0.15) is 5.69 Å². The molecule has 0 aliphatic heterocycles. The molecule has 0 spiro atoms. The molecule has 4 nitrogen and oxygen atoms in total. The van der Waals surface area contributed by atoms with Crippen LogP contribution >= 0.6 is 15.9 Å². The first-order valence-electron chi connectivity index (χ1n) is 3.68. The Balaban J connectivity index is 2.46. The van der Waals surface area contributed by atoms with Crippen molar-refractivity contribution in [1.82, 2.24) is 15.1 Å². The SMILES string of the molecule is Cc1nc(-c2cc(Br)ccn2)no1. The molecule has 0 aromatic carbocycles. The molecule has 0 N–H and O–H groups in total. The summed E-state index contributed by atoms with van der Waals surface area (Å²) in [5.74, 6) is 1.05. The van der Waals surface area contributed by atoms with Crippen LogP contribution < -0.4 is 0 Å². The Morgan fingerprint density at radius 1 is 1.46 bits per heavy atom. The number of aromatic nitrogens is 3. The third-order valence-electron chi connectivity index (χ3n) is 1.48. The van der Waals surface area contributed by atoms with E-state index in [1.54, 1.807) is 13.1 Å². The van der Waals surface area contributed by atoms with Crippen LogP contribution in [0.1, 0.15) is 5.89 Å². The number of hydrogen-bond donors (Lipinski definition) is 0. The standard InChI is InChI=1S/C8H6BrN3O/c1-5-11-8(12-13-5)7-4-6(9)2-3-10-7/h2-4H,1H3. The molecule has 2 aromatic heterocycles. The van der Waals surface area contributed by atoms with E-state index in [0.717, 1.165) is 4.47 Å². The summed E-state index contributed by atoms with van der Waals surface area (Å²) in [4.78, 5) is 8.17. The summed E-state index contributed by atoms with van der Waals surface area (Å²) in [5, 5.41) is 3.76. The topological polar surface area (TPSA) is 51.8 Å². The minimum atomic E-state index is 0.513. The molecule has 5 heteroatoms. The van der Waals surface area contributed by atoms with E-state index in [-0.39, 0.29) is 0 Å². The highest BCUT2D eigenvalue weighted by Gasteiger charge is 2.06. The van der Waals surface area contributed by atoms with Gasteiger partial charge in [-0.1, -0.05) is 21.1 Å². The molecule has 2 heterocycles. The third-order valence-corrected chi connectivity index (χ3v) is 1.97. The quantitative estimate of drug-likeness (QED) is 0.766. The van der Waals surface area contributed by atoms with Crippen molar-refractivity contribution in [1.29, 1.82) is 0 Å². The molecule has 0 atom stereocenters. The van der Waals surface area contributed by atoms with Crippen molar-refractivity contribution >= 4 is 15.9 Å². The number of nitrogens with zero attached hydrogens (tertiary/aromatic N) is 3. The Morgan fingerprint density at radius 2 is 2.31 bits per heavy atom. The molecule has 2 rings (SSSR count). The molecule has 0 saturated carbocycles. The Bertz CT molecular complexity index is 427. The highest BCUT2D eigenvalue weighted by Crippen LogP contribution is 2.17. The van der Waals surface area contributed by atoms with E-state index in [1.807, 2.05) is 12.1 Å². The first-order chi connectivity index (χ1) is 6.25. The minimum Gasteiger partial charge on any atom is -0.339 e. The number of aryl methyl sites for hydroxylation is 1. The summed E-state index contributed by atoms with van der Waals surface area (Å²) in [6.07, 6.45) is 1.69. The van der Waals surface area contributed by atoms with E-state index in [9.17, 15) is 0 Å². The molecule has 0 fully saturated rings. The Labute approximate surface area is 83.1 Å². The Morgan fingerprint density at radius 3 is 2.92 bits per heavy atom. The van der Waals surface area contributed by atoms with Gasteiger partial charge in [-0.3, -0.25) is 4.98 Å². The van der Waals surface area contributed by atoms with Crippen molar-refractivity contribution in [3.05, 3.63) is 28.7 Å². The van der Waals surface area contributed by atoms with Crippen LogP contribution in [-0.4, -0.2) is 15.1 Å². The van der Waals surface area contributed by atoms with Crippen LogP contribution in [-0.2, 0) is 0 Å². The zero-order valence-electron chi connectivity index (χ0n) is 6.86. The lowest BCUT2D eigenvalue weighted by Gasteiger charge is -1.92. The van der Waals surface area contributed by atoms with E-state index in [1.165, 1.54) is 0 Å². The predicted molar refractivity (Wildman–Crippen MR) is 50.0 cm³/mol. The lowest BCUT2D eigenvalue weighted by atomic mass is 10.3. The van der Waals surface area contributed by atoms with Crippen LogP contribution in [0.5, 0.6) is 0 Å². The molecular weight excluding hydrogens is 234 g/mol. The van der Waals surface area contributed by atoms with E-state index >= 15 is 0 Å². The second kappa shape index (κ2) is 3.26. The summed E-state index contributed by atoms with van der Waals surface area (Å²) < 4.78 is 5.79. The summed E-state index contributed by atoms with van der Waals surface area (Å²) in [7, 11) is 0. The fourth-order valence-electron chi connectivity index (χ4n) is 0.930. The van der Waals surface area contributed by atoms with E-state index in [2.05, 4.69) is 31.1 Å². The van der Waals surface area contributed by atoms with Crippen molar-refractivity contribution in [3.63, 3.8) is 0 Å². The van der Waals surface area contributed by atoms with Gasteiger partial charge in [0, 0.05) is 17.6 Å². The van der Waals surface area contributed by atoms with Gasteiger partial charge in [-0.15, -0.1) is 0 Å². The normalized spacial score (nSPS) is 10.3. The van der Waals surface area contributed by atoms with Gasteiger partial charge in [-0.05, 0) is 12.1 Å². The van der Waals surface area contributed by atoms with Gasteiger partial charge < -0.3 is 4.52 Å². The van der Waals surface area contributed by atoms with E-state index in [0.29, 0.717) is 17.4 Å². The average molecular weight is 240 g/mol. The summed E-state index contributed by atoms with van der Waals surface area (Å²) in [6.45, 7) is 1.74. The molecule has 0 unspecified atom stereocenters. The summed E-state index contributed by atoms with van der Waals surface area (Å²) in [5.41, 5.74) is 0.700. The average Bonchev–Trinajstić information content (AvgIpc) is 2.52. The first-order valence-corrected chi connectivity index (χ1v) is 4.47. The molecule has 0 amide bonds. The molecule has 2 aromatic rings. The van der Waals surface area contributed by atoms with Crippen molar-refractivity contribution in [2.45, 2.75) is 6.92 Å². The second-order valence-electron chi connectivity index (χ2n) is 2.50. The second-order valence-corrected chi connectivity index (χ2v) is 3.41. The molecule has 66 valence electrons. The van der Waals surface area contributed by atoms with Crippen molar-refractivity contribution in [3.8, 4) is 11.5 Å². The van der Waals surface area contributed by atoms with Gasteiger partial charge in [-0.2, -0.15) is 4.98 Å². The van der Waals surface area contributed by atoms with Crippen molar-refractivity contribution in [2.75, 3.05) is 0 Å². The number of rotatable bonds is 1. The fraction of sp³-hybridized carbons (Fsp3) is 0.125. The molecule has 0 aliphatic carbocycles. The van der Waals surface area contributed by atoms with Gasteiger partial charge in [0.15, 0.2) is 0 Å². The third kappa shape index (κ3) is 1.75. The van der Waals surface area contributed by atoms with E-state index < -0.39 is 0 Å². The number of pyridine rings is 1. The van der Waals surface area contributed by atoms with Gasteiger partial charge in [-0.25, -0.2) is 0 Å². The maximum Gasteiger partial charge on any atom is 0.223 e. The monoisotopic (exact) mass is 239 g/mol. The highest BCUT2D eigenvalue weighted by atomic mass is 79.9. The summed E-state index contributed by atoms with van der Waals surface area (Å²) >= 11 is 3.34. The van der Waals surface area contributed by atoms with Gasteiger partial charge in [0.05, 0.1) is 0 Å². The van der Waals surface area contributed by atoms with Crippen LogP contribution in [0.3, 0.4) is 0 Å². The molecule has 0 saturated heterocycles. The van der Waals surface area contributed by atoms with Crippen molar-refractivity contribution in [2.24, 2.45) is 0 Å². The maximum absolute atomic E-state index is 4.84.